The van der Waals surface area contributed by atoms with Gasteiger partial charge in [-0.1, -0.05) is 252 Å². The summed E-state index contributed by atoms with van der Waals surface area (Å²) in [6.07, 6.45) is 45.7. The van der Waals surface area contributed by atoms with Crippen molar-refractivity contribution in [1.82, 2.24) is 0 Å². The highest BCUT2D eigenvalue weighted by molar-refractivity contribution is 7.47. The minimum atomic E-state index is -4.95. The molecule has 494 valence electrons. The van der Waals surface area contributed by atoms with E-state index < -0.39 is 97.5 Å². The fourth-order valence-corrected chi connectivity index (χ4v) is 10.8. The first kappa shape index (κ1) is 81.5. The van der Waals surface area contributed by atoms with Gasteiger partial charge in [-0.2, -0.15) is 0 Å². The Labute approximate surface area is 510 Å². The highest BCUT2D eigenvalue weighted by atomic mass is 31.2. The van der Waals surface area contributed by atoms with E-state index in [1.165, 1.54) is 109 Å². The second-order valence-electron chi connectivity index (χ2n) is 23.1. The van der Waals surface area contributed by atoms with E-state index in [4.69, 9.17) is 37.0 Å². The molecule has 0 bridgehead atoms. The van der Waals surface area contributed by atoms with Crippen LogP contribution >= 0.6 is 15.6 Å². The lowest BCUT2D eigenvalue weighted by atomic mass is 10.00. The minimum absolute atomic E-state index is 0.0852. The summed E-state index contributed by atoms with van der Waals surface area (Å²) in [5, 5.41) is 10.5. The molecule has 3 unspecified atom stereocenters. The number of phosphoric acid groups is 2. The topological polar surface area (TPSA) is 237 Å². The maximum Gasteiger partial charge on any atom is 0.472 e. The van der Waals surface area contributed by atoms with Gasteiger partial charge < -0.3 is 33.8 Å². The molecule has 0 spiro atoms. The molecular weight excluding hydrogens is 1110 g/mol. The van der Waals surface area contributed by atoms with E-state index in [1.807, 2.05) is 0 Å². The summed E-state index contributed by atoms with van der Waals surface area (Å²) in [6.45, 7) is 7.00. The smallest absolute Gasteiger partial charge is 0.462 e. The summed E-state index contributed by atoms with van der Waals surface area (Å²) in [6, 6.07) is 0. The number of rotatable bonds is 63. The van der Waals surface area contributed by atoms with Crippen molar-refractivity contribution in [3.05, 3.63) is 24.3 Å². The van der Waals surface area contributed by atoms with Crippen molar-refractivity contribution < 1.29 is 80.2 Å². The molecule has 6 atom stereocenters. The van der Waals surface area contributed by atoms with Crippen molar-refractivity contribution in [1.29, 1.82) is 0 Å². The summed E-state index contributed by atoms with van der Waals surface area (Å²) in [5.74, 6) is -1.46. The van der Waals surface area contributed by atoms with Crippen molar-refractivity contribution >= 4 is 39.5 Å². The number of hydrogen-bond donors (Lipinski definition) is 3. The fraction of sp³-hybridized carbons (Fsp3) is 0.877. The van der Waals surface area contributed by atoms with Crippen LogP contribution in [0.4, 0.5) is 0 Å². The summed E-state index contributed by atoms with van der Waals surface area (Å²) < 4.78 is 67.8. The number of allylic oxidation sites excluding steroid dienone is 4. The van der Waals surface area contributed by atoms with E-state index in [0.29, 0.717) is 25.7 Å². The van der Waals surface area contributed by atoms with Gasteiger partial charge >= 0.3 is 39.5 Å². The van der Waals surface area contributed by atoms with Crippen LogP contribution in [0, 0.1) is 5.92 Å². The minimum Gasteiger partial charge on any atom is -0.462 e. The first-order valence-corrected chi connectivity index (χ1v) is 36.5. The van der Waals surface area contributed by atoms with Crippen LogP contribution in [0.3, 0.4) is 0 Å². The molecule has 0 aromatic rings. The molecule has 0 radical (unpaired) electrons. The normalized spacial score (nSPS) is 14.7. The monoisotopic (exact) mass is 1240 g/mol. The zero-order chi connectivity index (χ0) is 62.0. The molecule has 0 aliphatic carbocycles. The van der Waals surface area contributed by atoms with Crippen molar-refractivity contribution in [3.8, 4) is 0 Å². The second-order valence-corrected chi connectivity index (χ2v) is 26.0. The van der Waals surface area contributed by atoms with E-state index in [1.54, 1.807) is 0 Å². The number of esters is 4. The molecule has 0 aromatic carbocycles. The predicted molar refractivity (Wildman–Crippen MR) is 335 cm³/mol. The zero-order valence-corrected chi connectivity index (χ0v) is 55.3. The Morgan fingerprint density at radius 3 is 1.01 bits per heavy atom. The second kappa shape index (κ2) is 58.2. The number of ether oxygens (including phenoxy) is 4. The predicted octanol–water partition coefficient (Wildman–Crippen LogP) is 17.7. The maximum atomic E-state index is 13.0. The van der Waals surface area contributed by atoms with Crippen LogP contribution in [0.5, 0.6) is 0 Å². The van der Waals surface area contributed by atoms with Crippen molar-refractivity contribution in [3.63, 3.8) is 0 Å². The van der Waals surface area contributed by atoms with Gasteiger partial charge in [-0.3, -0.25) is 37.3 Å². The highest BCUT2D eigenvalue weighted by Gasteiger charge is 2.30. The van der Waals surface area contributed by atoms with Crippen molar-refractivity contribution in [2.45, 2.75) is 323 Å². The number of carbonyl (C=O) groups is 4. The number of aliphatic hydroxyl groups excluding tert-OH is 1. The summed E-state index contributed by atoms with van der Waals surface area (Å²) in [4.78, 5) is 72.0. The molecule has 84 heavy (non-hydrogen) atoms. The van der Waals surface area contributed by atoms with E-state index in [-0.39, 0.29) is 25.7 Å². The largest absolute Gasteiger partial charge is 0.472 e. The molecule has 0 fully saturated rings. The summed E-state index contributed by atoms with van der Waals surface area (Å²) in [7, 11) is -9.89. The van der Waals surface area contributed by atoms with Gasteiger partial charge in [0.05, 0.1) is 26.4 Å². The Morgan fingerprint density at radius 2 is 0.667 bits per heavy atom. The Balaban J connectivity index is 5.22. The fourth-order valence-electron chi connectivity index (χ4n) is 9.19. The maximum absolute atomic E-state index is 13.0. The lowest BCUT2D eigenvalue weighted by molar-refractivity contribution is -0.161. The standard InChI is InChI=1S/C65H122O17P2/c1-6-10-13-16-18-20-22-24-26-28-30-32-34-40-45-50-64(69)81-61(55-76-63(68)49-44-39-33-31-29-27-25-23-21-19-17-14-11-7-2)57-80-84(73,74)78-53-59(66)52-77-83(71,72)79-56-60(54-75-62(67)48-43-37-15-12-8-3)82-65(70)51-46-41-36-35-38-42-47-58(5)9-4/h20,22,24,26,58-61,66H,6-19,21,23,25,27-57H2,1-5H3,(H,71,72)(H,73,74)/b22-20-,26-24-/t58?,59-,60+,61+/m0/s1. The van der Waals surface area contributed by atoms with Gasteiger partial charge in [-0.05, 0) is 57.3 Å². The first-order valence-electron chi connectivity index (χ1n) is 33.5. The molecular formula is C65H122O17P2. The quantitative estimate of drug-likeness (QED) is 0.0169. The van der Waals surface area contributed by atoms with Crippen LogP contribution in [0.15, 0.2) is 24.3 Å². The number of carbonyl (C=O) groups excluding carboxylic acids is 4. The van der Waals surface area contributed by atoms with Crippen molar-refractivity contribution in [2.24, 2.45) is 5.92 Å². The lowest BCUT2D eigenvalue weighted by Crippen LogP contribution is -2.30. The molecule has 0 aliphatic rings. The molecule has 0 heterocycles. The molecule has 0 amide bonds. The molecule has 0 aromatic heterocycles. The van der Waals surface area contributed by atoms with Crippen LogP contribution in [-0.2, 0) is 65.4 Å². The number of unbranched alkanes of at least 4 members (excludes halogenated alkanes) is 31. The molecule has 17 nitrogen and oxygen atoms in total. The Hall–Kier alpha value is -2.46. The van der Waals surface area contributed by atoms with E-state index >= 15 is 0 Å². The third-order valence-electron chi connectivity index (χ3n) is 14.8. The van der Waals surface area contributed by atoms with E-state index in [9.17, 15) is 43.2 Å². The Kier molecular flexibility index (Phi) is 56.5. The van der Waals surface area contributed by atoms with Crippen LogP contribution in [0.2, 0.25) is 0 Å². The molecule has 0 aliphatic heterocycles. The van der Waals surface area contributed by atoms with Gasteiger partial charge in [0.2, 0.25) is 0 Å². The van der Waals surface area contributed by atoms with E-state index in [0.717, 1.165) is 115 Å². The number of phosphoric ester groups is 2. The SMILES string of the molecule is CCCCCC/C=C\C=C/CCCCCCCC(=O)O[C@H](COC(=O)CCCCCCCCCCCCCCCC)COP(=O)(O)OC[C@@H](O)COP(=O)(O)OC[C@@H](COC(=O)CCCCCCC)OC(=O)CCCCCCCCC(C)CC. The van der Waals surface area contributed by atoms with Crippen LogP contribution < -0.4 is 0 Å². The third-order valence-corrected chi connectivity index (χ3v) is 16.7. The van der Waals surface area contributed by atoms with Gasteiger partial charge in [-0.25, -0.2) is 9.13 Å². The number of hydrogen-bond acceptors (Lipinski definition) is 15. The van der Waals surface area contributed by atoms with Crippen LogP contribution in [0.1, 0.15) is 304 Å². The van der Waals surface area contributed by atoms with Crippen LogP contribution in [-0.4, -0.2) is 96.7 Å². The molecule has 19 heteroatoms. The average Bonchev–Trinajstić information content (AvgIpc) is 3.58. The zero-order valence-electron chi connectivity index (χ0n) is 53.5. The summed E-state index contributed by atoms with van der Waals surface area (Å²) in [5.41, 5.74) is 0. The molecule has 0 rings (SSSR count). The Morgan fingerprint density at radius 1 is 0.381 bits per heavy atom. The molecule has 0 saturated heterocycles. The highest BCUT2D eigenvalue weighted by Crippen LogP contribution is 2.45. The van der Waals surface area contributed by atoms with Gasteiger partial charge in [0.25, 0.3) is 0 Å². The van der Waals surface area contributed by atoms with Gasteiger partial charge in [0.1, 0.15) is 19.3 Å². The average molecular weight is 1240 g/mol. The number of aliphatic hydroxyl groups is 1. The first-order chi connectivity index (χ1) is 40.6. The van der Waals surface area contributed by atoms with Crippen LogP contribution in [0.25, 0.3) is 0 Å². The van der Waals surface area contributed by atoms with Gasteiger partial charge in [-0.15, -0.1) is 0 Å². The summed E-state index contributed by atoms with van der Waals surface area (Å²) >= 11 is 0. The van der Waals surface area contributed by atoms with Crippen molar-refractivity contribution in [2.75, 3.05) is 39.6 Å². The van der Waals surface area contributed by atoms with E-state index in [2.05, 4.69) is 58.9 Å². The lowest BCUT2D eigenvalue weighted by Gasteiger charge is -2.21. The van der Waals surface area contributed by atoms with Gasteiger partial charge in [0, 0.05) is 25.7 Å². The Bertz CT molecular complexity index is 1730. The third kappa shape index (κ3) is 57.3. The molecule has 3 N–H and O–H groups in total. The molecule has 0 saturated carbocycles. The van der Waals surface area contributed by atoms with Gasteiger partial charge in [0.15, 0.2) is 12.2 Å².